The van der Waals surface area contributed by atoms with Crippen molar-refractivity contribution in [3.63, 3.8) is 0 Å². The molecule has 1 saturated heterocycles. The Bertz CT molecular complexity index is 638. The smallest absolute Gasteiger partial charge is 0.322 e. The zero-order valence-corrected chi connectivity index (χ0v) is 12.7. The van der Waals surface area contributed by atoms with E-state index < -0.39 is 41.8 Å². The van der Waals surface area contributed by atoms with Crippen molar-refractivity contribution >= 4 is 5.91 Å². The van der Waals surface area contributed by atoms with Crippen LogP contribution >= 0.6 is 0 Å². The van der Waals surface area contributed by atoms with Gasteiger partial charge in [0.25, 0.3) is 5.91 Å². The molecule has 1 spiro atoms. The van der Waals surface area contributed by atoms with Crippen LogP contribution < -0.4 is 0 Å². The molecule has 1 amide bonds. The molecule has 0 atom stereocenters. The molecule has 1 aliphatic heterocycles. The van der Waals surface area contributed by atoms with Gasteiger partial charge in [0.1, 0.15) is 11.2 Å². The second-order valence-electron chi connectivity index (χ2n) is 6.45. The molecule has 1 saturated carbocycles. The second-order valence-corrected chi connectivity index (χ2v) is 6.45. The number of amides is 1. The number of piperidine rings is 1. The third-order valence-electron chi connectivity index (χ3n) is 5.12. The van der Waals surface area contributed by atoms with Crippen molar-refractivity contribution in [2.24, 2.45) is 5.41 Å². The van der Waals surface area contributed by atoms with E-state index in [2.05, 4.69) is 0 Å². The highest BCUT2D eigenvalue weighted by atomic mass is 19.3. The van der Waals surface area contributed by atoms with Gasteiger partial charge in [-0.1, -0.05) is 0 Å². The Morgan fingerprint density at radius 2 is 1.43 bits per heavy atom. The number of carbonyl (C=O) groups excluding carboxylic acids is 1. The van der Waals surface area contributed by atoms with Crippen molar-refractivity contribution < 1.29 is 26.7 Å². The summed E-state index contributed by atoms with van der Waals surface area (Å²) in [5.41, 5.74) is -1.44. The highest BCUT2D eigenvalue weighted by molar-refractivity contribution is 5.94. The van der Waals surface area contributed by atoms with Crippen LogP contribution in [0.2, 0.25) is 0 Å². The van der Waals surface area contributed by atoms with Gasteiger partial charge in [0, 0.05) is 18.7 Å². The van der Waals surface area contributed by atoms with Crippen LogP contribution in [0, 0.1) is 25.1 Å². The first-order valence-electron chi connectivity index (χ1n) is 7.37. The van der Waals surface area contributed by atoms with Crippen molar-refractivity contribution in [2.75, 3.05) is 13.1 Å². The van der Waals surface area contributed by atoms with Gasteiger partial charge in [-0.05, 0) is 49.9 Å². The maximum Gasteiger partial charge on any atom is 0.322 e. The van der Waals surface area contributed by atoms with Gasteiger partial charge in [-0.25, -0.2) is 4.39 Å². The van der Waals surface area contributed by atoms with Crippen molar-refractivity contribution in [3.8, 4) is 0 Å². The van der Waals surface area contributed by atoms with E-state index in [0.717, 1.165) is 0 Å². The van der Waals surface area contributed by atoms with Gasteiger partial charge in [-0.2, -0.15) is 17.6 Å². The minimum atomic E-state index is -3.99. The van der Waals surface area contributed by atoms with Gasteiger partial charge in [-0.15, -0.1) is 0 Å². The number of carbonyl (C=O) groups is 1. The van der Waals surface area contributed by atoms with E-state index in [1.165, 1.54) is 30.9 Å². The predicted molar refractivity (Wildman–Crippen MR) is 73.3 cm³/mol. The zero-order chi connectivity index (χ0) is 17.2. The lowest BCUT2D eigenvalue weighted by molar-refractivity contribution is -0.0278. The van der Waals surface area contributed by atoms with E-state index in [0.29, 0.717) is 11.1 Å². The van der Waals surface area contributed by atoms with Crippen LogP contribution in [-0.4, -0.2) is 35.7 Å². The van der Waals surface area contributed by atoms with Crippen LogP contribution in [-0.2, 0) is 0 Å². The predicted octanol–water partition coefficient (Wildman–Crippen LogP) is 3.95. The molecule has 1 heterocycles. The van der Waals surface area contributed by atoms with E-state index in [4.69, 9.17) is 0 Å². The summed E-state index contributed by atoms with van der Waals surface area (Å²) in [6.45, 7) is 2.74. The Labute approximate surface area is 130 Å². The third kappa shape index (κ3) is 1.94. The van der Waals surface area contributed by atoms with E-state index >= 15 is 0 Å². The molecular weight excluding hydrogens is 317 g/mol. The third-order valence-corrected chi connectivity index (χ3v) is 5.12. The van der Waals surface area contributed by atoms with Crippen molar-refractivity contribution in [1.29, 1.82) is 0 Å². The molecule has 126 valence electrons. The van der Waals surface area contributed by atoms with Crippen LogP contribution in [0.15, 0.2) is 12.1 Å². The number of likely N-dealkylation sites (tertiary alicyclic amines) is 1. The summed E-state index contributed by atoms with van der Waals surface area (Å²) in [5, 5.41) is 0. The van der Waals surface area contributed by atoms with Crippen LogP contribution in [0.1, 0.15) is 34.3 Å². The molecule has 0 unspecified atom stereocenters. The van der Waals surface area contributed by atoms with Crippen LogP contribution in [0.5, 0.6) is 0 Å². The fourth-order valence-electron chi connectivity index (χ4n) is 3.49. The van der Waals surface area contributed by atoms with Gasteiger partial charge in [0.15, 0.2) is 0 Å². The second kappa shape index (κ2) is 4.68. The molecule has 1 aliphatic carbocycles. The Morgan fingerprint density at radius 1 is 1.00 bits per heavy atom. The average Bonchev–Trinajstić information content (AvgIpc) is 2.82. The number of alkyl halides is 4. The first-order valence-corrected chi connectivity index (χ1v) is 7.37. The largest absolute Gasteiger partial charge is 0.339 e. The Hall–Kier alpha value is -1.66. The van der Waals surface area contributed by atoms with E-state index in [1.807, 2.05) is 0 Å². The summed E-state index contributed by atoms with van der Waals surface area (Å²) in [4.78, 5) is 13.7. The topological polar surface area (TPSA) is 20.3 Å². The fraction of sp³-hybridized carbons (Fsp3) is 0.562. The molecule has 1 aromatic carbocycles. The molecule has 3 rings (SSSR count). The maximum absolute atomic E-state index is 13.6. The summed E-state index contributed by atoms with van der Waals surface area (Å²) in [7, 11) is 0. The number of hydrogen-bond acceptors (Lipinski definition) is 1. The minimum absolute atomic E-state index is 0.153. The summed E-state index contributed by atoms with van der Waals surface area (Å²) in [6.07, 6.45) is -0.865. The number of aryl methyl sites for hydroxylation is 2. The maximum atomic E-state index is 13.6. The lowest BCUT2D eigenvalue weighted by atomic mass is 9.91. The van der Waals surface area contributed by atoms with Crippen LogP contribution in [0.25, 0.3) is 0 Å². The van der Waals surface area contributed by atoms with Crippen molar-refractivity contribution in [1.82, 2.24) is 4.90 Å². The van der Waals surface area contributed by atoms with E-state index in [-0.39, 0.29) is 18.7 Å². The molecule has 0 aromatic heterocycles. The lowest BCUT2D eigenvalue weighted by Gasteiger charge is -2.32. The van der Waals surface area contributed by atoms with Crippen molar-refractivity contribution in [2.45, 2.75) is 38.5 Å². The van der Waals surface area contributed by atoms with Gasteiger partial charge >= 0.3 is 11.8 Å². The Kier molecular flexibility index (Phi) is 3.29. The zero-order valence-electron chi connectivity index (χ0n) is 12.7. The monoisotopic (exact) mass is 333 g/mol. The standard InChI is InChI=1S/C16H16F5NO/c1-9-7-11(8-10(2)12(9)17)13(23)22-5-3-14(4-6-22)15(18,19)16(14,20)21/h7-8H,3-6H2,1-2H3. The number of halogens is 5. The molecular formula is C16H16F5NO. The lowest BCUT2D eigenvalue weighted by Crippen LogP contribution is -2.41. The quantitative estimate of drug-likeness (QED) is 0.713. The molecule has 0 bridgehead atoms. The summed E-state index contributed by atoms with van der Waals surface area (Å²) in [5.74, 6) is -8.83. The molecule has 2 aliphatic rings. The van der Waals surface area contributed by atoms with Gasteiger partial charge < -0.3 is 4.90 Å². The molecule has 2 fully saturated rings. The number of nitrogens with zero attached hydrogens (tertiary/aromatic N) is 1. The van der Waals surface area contributed by atoms with Gasteiger partial charge in [-0.3, -0.25) is 4.79 Å². The Morgan fingerprint density at radius 3 is 1.83 bits per heavy atom. The van der Waals surface area contributed by atoms with Crippen molar-refractivity contribution in [3.05, 3.63) is 34.6 Å². The number of rotatable bonds is 1. The first-order chi connectivity index (χ1) is 10.5. The molecule has 7 heteroatoms. The first kappa shape index (κ1) is 16.2. The van der Waals surface area contributed by atoms with Gasteiger partial charge in [0.2, 0.25) is 0 Å². The average molecular weight is 333 g/mol. The minimum Gasteiger partial charge on any atom is -0.339 e. The highest BCUT2D eigenvalue weighted by Gasteiger charge is 2.95. The van der Waals surface area contributed by atoms with Gasteiger partial charge in [0.05, 0.1) is 0 Å². The normalized spacial score (nSPS) is 23.9. The van der Waals surface area contributed by atoms with Crippen LogP contribution in [0.3, 0.4) is 0 Å². The highest BCUT2D eigenvalue weighted by Crippen LogP contribution is 2.76. The molecule has 1 aromatic rings. The van der Waals surface area contributed by atoms with Crippen LogP contribution in [0.4, 0.5) is 22.0 Å². The molecule has 2 nitrogen and oxygen atoms in total. The fourth-order valence-corrected chi connectivity index (χ4v) is 3.49. The molecule has 0 radical (unpaired) electrons. The molecule has 0 N–H and O–H groups in total. The summed E-state index contributed by atoms with van der Waals surface area (Å²) < 4.78 is 67.0. The number of hydrogen-bond donors (Lipinski definition) is 0. The summed E-state index contributed by atoms with van der Waals surface area (Å²) >= 11 is 0. The summed E-state index contributed by atoms with van der Waals surface area (Å²) in [6, 6.07) is 2.77. The van der Waals surface area contributed by atoms with E-state index in [9.17, 15) is 26.7 Å². The SMILES string of the molecule is Cc1cc(C(=O)N2CCC3(CC2)C(F)(F)C3(F)F)cc(C)c1F. The molecule has 23 heavy (non-hydrogen) atoms. The number of benzene rings is 1. The van der Waals surface area contributed by atoms with E-state index in [1.54, 1.807) is 0 Å². The Balaban J connectivity index is 1.75.